The molecule has 2 N–H and O–H groups in total. The topological polar surface area (TPSA) is 93.1 Å². The second-order valence-corrected chi connectivity index (χ2v) is 8.01. The molecule has 27 heavy (non-hydrogen) atoms. The number of carbonyl (C=O) groups is 1. The predicted octanol–water partition coefficient (Wildman–Crippen LogP) is 2.83. The lowest BCUT2D eigenvalue weighted by atomic mass is 10.1. The third kappa shape index (κ3) is 4.87. The second kappa shape index (κ2) is 7.81. The minimum absolute atomic E-state index is 0.186. The first-order valence-electron chi connectivity index (χ1n) is 7.95. The van der Waals surface area contributed by atoms with Crippen molar-refractivity contribution in [1.82, 2.24) is 14.9 Å². The molecule has 0 saturated carbocycles. The van der Waals surface area contributed by atoms with Crippen LogP contribution in [0.3, 0.4) is 0 Å². The lowest BCUT2D eigenvalue weighted by Crippen LogP contribution is -2.24. The quantitative estimate of drug-likeness (QED) is 0.660. The number of aromatic nitrogens is 2. The molecule has 9 heteroatoms. The molecule has 0 atom stereocenters. The summed E-state index contributed by atoms with van der Waals surface area (Å²) in [6, 6.07) is 12.0. The fraction of sp³-hybridized carbons (Fsp3) is 0.111. The lowest BCUT2D eigenvalue weighted by molar-refractivity contribution is 0.0951. The number of para-hydroxylation sites is 1. The van der Waals surface area contributed by atoms with E-state index >= 15 is 0 Å². The monoisotopic (exact) mass is 404 g/mol. The van der Waals surface area contributed by atoms with Gasteiger partial charge >= 0.3 is 0 Å². The average molecular weight is 405 g/mol. The number of hydrogen-bond donors (Lipinski definition) is 2. The number of hydrogen-bond acceptors (Lipinski definition) is 4. The van der Waals surface area contributed by atoms with E-state index < -0.39 is 15.9 Å². The van der Waals surface area contributed by atoms with E-state index in [0.29, 0.717) is 0 Å². The molecular weight excluding hydrogens is 388 g/mol. The number of imidazole rings is 1. The molecule has 2 aromatic carbocycles. The Morgan fingerprint density at radius 2 is 2.00 bits per heavy atom. The Kier molecular flexibility index (Phi) is 5.48. The van der Waals surface area contributed by atoms with Crippen LogP contribution in [0.1, 0.15) is 15.9 Å². The van der Waals surface area contributed by atoms with Gasteiger partial charge in [-0.15, -0.1) is 0 Å². The number of sulfonamides is 1. The van der Waals surface area contributed by atoms with Gasteiger partial charge in [0, 0.05) is 24.6 Å². The first kappa shape index (κ1) is 18.9. The second-order valence-electron chi connectivity index (χ2n) is 5.85. The SMILES string of the molecule is CS(=O)(=O)Nc1ccc(Cl)c(C(=O)NCc2ccccc2-n2ccnc2)c1. The largest absolute Gasteiger partial charge is 0.348 e. The Labute approximate surface area is 162 Å². The Morgan fingerprint density at radius 3 is 2.70 bits per heavy atom. The van der Waals surface area contributed by atoms with Gasteiger partial charge in [-0.25, -0.2) is 13.4 Å². The van der Waals surface area contributed by atoms with Gasteiger partial charge in [0.15, 0.2) is 0 Å². The van der Waals surface area contributed by atoms with Crippen molar-refractivity contribution in [3.8, 4) is 5.69 Å². The van der Waals surface area contributed by atoms with Gasteiger partial charge in [0.1, 0.15) is 0 Å². The molecule has 0 radical (unpaired) electrons. The summed E-state index contributed by atoms with van der Waals surface area (Å²) in [5, 5.41) is 3.05. The zero-order chi connectivity index (χ0) is 19.4. The van der Waals surface area contributed by atoms with Crippen molar-refractivity contribution in [2.75, 3.05) is 11.0 Å². The van der Waals surface area contributed by atoms with Crippen molar-refractivity contribution < 1.29 is 13.2 Å². The van der Waals surface area contributed by atoms with Crippen molar-refractivity contribution >= 4 is 33.2 Å². The van der Waals surface area contributed by atoms with E-state index in [1.807, 2.05) is 35.0 Å². The molecule has 0 saturated heterocycles. The van der Waals surface area contributed by atoms with E-state index in [2.05, 4.69) is 15.0 Å². The van der Waals surface area contributed by atoms with Gasteiger partial charge in [0.25, 0.3) is 5.91 Å². The number of nitrogens with one attached hydrogen (secondary N) is 2. The standard InChI is InChI=1S/C18H17ClN4O3S/c1-27(25,26)22-14-6-7-16(19)15(10-14)18(24)21-11-13-4-2-3-5-17(13)23-9-8-20-12-23/h2-10,12,22H,11H2,1H3,(H,21,24). The van der Waals surface area contributed by atoms with Crippen molar-refractivity contribution in [1.29, 1.82) is 0 Å². The van der Waals surface area contributed by atoms with E-state index in [-0.39, 0.29) is 22.8 Å². The molecule has 0 bridgehead atoms. The summed E-state index contributed by atoms with van der Waals surface area (Å²) >= 11 is 6.11. The molecule has 1 amide bonds. The van der Waals surface area contributed by atoms with E-state index in [9.17, 15) is 13.2 Å². The molecule has 3 aromatic rings. The molecule has 0 aliphatic heterocycles. The molecule has 0 fully saturated rings. The normalized spacial score (nSPS) is 11.2. The average Bonchev–Trinajstić information content (AvgIpc) is 3.15. The summed E-state index contributed by atoms with van der Waals surface area (Å²) < 4.78 is 26.9. The van der Waals surface area contributed by atoms with Gasteiger partial charge in [-0.3, -0.25) is 9.52 Å². The third-order valence-electron chi connectivity index (χ3n) is 3.73. The smallest absolute Gasteiger partial charge is 0.253 e. The van der Waals surface area contributed by atoms with Crippen LogP contribution in [-0.2, 0) is 16.6 Å². The molecule has 1 heterocycles. The van der Waals surface area contributed by atoms with Crippen LogP contribution in [-0.4, -0.2) is 30.1 Å². The highest BCUT2D eigenvalue weighted by Crippen LogP contribution is 2.22. The molecule has 1 aromatic heterocycles. The zero-order valence-electron chi connectivity index (χ0n) is 14.4. The fourth-order valence-electron chi connectivity index (χ4n) is 2.56. The van der Waals surface area contributed by atoms with Crippen molar-refractivity contribution in [3.63, 3.8) is 0 Å². The Hall–Kier alpha value is -2.84. The molecule has 0 aliphatic carbocycles. The molecule has 0 unspecified atom stereocenters. The minimum atomic E-state index is -3.45. The van der Waals surface area contributed by atoms with Crippen LogP contribution in [0.4, 0.5) is 5.69 Å². The fourth-order valence-corrected chi connectivity index (χ4v) is 3.32. The summed E-state index contributed by atoms with van der Waals surface area (Å²) in [4.78, 5) is 16.6. The van der Waals surface area contributed by atoms with Gasteiger partial charge in [0.05, 0.1) is 28.9 Å². The van der Waals surface area contributed by atoms with Crippen LogP contribution in [0.5, 0.6) is 0 Å². The Morgan fingerprint density at radius 1 is 1.22 bits per heavy atom. The van der Waals surface area contributed by atoms with Crippen LogP contribution in [0, 0.1) is 0 Å². The van der Waals surface area contributed by atoms with Crippen LogP contribution >= 0.6 is 11.6 Å². The van der Waals surface area contributed by atoms with Crippen LogP contribution < -0.4 is 10.0 Å². The van der Waals surface area contributed by atoms with Gasteiger partial charge in [-0.2, -0.15) is 0 Å². The highest BCUT2D eigenvalue weighted by molar-refractivity contribution is 7.92. The van der Waals surface area contributed by atoms with Gasteiger partial charge < -0.3 is 9.88 Å². The zero-order valence-corrected chi connectivity index (χ0v) is 16.0. The minimum Gasteiger partial charge on any atom is -0.348 e. The summed E-state index contributed by atoms with van der Waals surface area (Å²) in [5.41, 5.74) is 2.25. The number of carbonyl (C=O) groups excluding carboxylic acids is 1. The maximum absolute atomic E-state index is 12.6. The molecule has 7 nitrogen and oxygen atoms in total. The summed E-state index contributed by atoms with van der Waals surface area (Å²) in [7, 11) is -3.45. The van der Waals surface area contributed by atoms with Gasteiger partial charge in [-0.05, 0) is 29.8 Å². The van der Waals surface area contributed by atoms with Gasteiger partial charge in [-0.1, -0.05) is 29.8 Å². The van der Waals surface area contributed by atoms with Crippen molar-refractivity contribution in [2.45, 2.75) is 6.54 Å². The number of nitrogens with zero attached hydrogens (tertiary/aromatic N) is 2. The van der Waals surface area contributed by atoms with E-state index in [1.165, 1.54) is 18.2 Å². The number of amides is 1. The molecule has 3 rings (SSSR count). The Balaban J connectivity index is 1.78. The van der Waals surface area contributed by atoms with E-state index in [0.717, 1.165) is 17.5 Å². The summed E-state index contributed by atoms with van der Waals surface area (Å²) in [6.45, 7) is 0.271. The van der Waals surface area contributed by atoms with Crippen molar-refractivity contribution in [3.05, 3.63) is 77.3 Å². The van der Waals surface area contributed by atoms with Crippen LogP contribution in [0.25, 0.3) is 5.69 Å². The van der Waals surface area contributed by atoms with E-state index in [4.69, 9.17) is 11.6 Å². The molecular formula is C18H17ClN4O3S. The summed E-state index contributed by atoms with van der Waals surface area (Å²) in [5.74, 6) is -0.405. The molecule has 140 valence electrons. The van der Waals surface area contributed by atoms with Gasteiger partial charge in [0.2, 0.25) is 10.0 Å². The number of halogens is 1. The first-order valence-corrected chi connectivity index (χ1v) is 10.2. The number of benzene rings is 2. The summed E-state index contributed by atoms with van der Waals surface area (Å²) in [6.07, 6.45) is 6.21. The van der Waals surface area contributed by atoms with Crippen LogP contribution in [0.2, 0.25) is 5.02 Å². The first-order chi connectivity index (χ1) is 12.8. The van der Waals surface area contributed by atoms with E-state index in [1.54, 1.807) is 12.5 Å². The molecule has 0 aliphatic rings. The van der Waals surface area contributed by atoms with Crippen molar-refractivity contribution in [2.24, 2.45) is 0 Å². The predicted molar refractivity (Wildman–Crippen MR) is 105 cm³/mol. The maximum atomic E-state index is 12.6. The Bertz CT molecular complexity index is 1070. The molecule has 0 spiro atoms. The highest BCUT2D eigenvalue weighted by Gasteiger charge is 2.13. The third-order valence-corrected chi connectivity index (χ3v) is 4.66. The number of rotatable bonds is 6. The maximum Gasteiger partial charge on any atom is 0.253 e. The highest BCUT2D eigenvalue weighted by atomic mass is 35.5. The number of anilines is 1. The lowest BCUT2D eigenvalue weighted by Gasteiger charge is -2.12. The van der Waals surface area contributed by atoms with Crippen LogP contribution in [0.15, 0.2) is 61.2 Å².